The van der Waals surface area contributed by atoms with E-state index in [1.807, 2.05) is 0 Å². The molecule has 0 aromatic carbocycles. The van der Waals surface area contributed by atoms with E-state index in [2.05, 4.69) is 10.7 Å². The SMILES string of the molecule is NOC(=O)CCCC[C@H]1CO1. The number of hydrogen-bond acceptors (Lipinski definition) is 4. The minimum absolute atomic E-state index is 0.332. The molecule has 0 amide bonds. The molecule has 0 radical (unpaired) electrons. The molecule has 2 N–H and O–H groups in total. The molecule has 0 spiro atoms. The van der Waals surface area contributed by atoms with Crippen molar-refractivity contribution in [2.75, 3.05) is 6.61 Å². The second-order valence-corrected chi connectivity index (χ2v) is 2.69. The zero-order chi connectivity index (χ0) is 8.10. The summed E-state index contributed by atoms with van der Waals surface area (Å²) < 4.78 is 5.00. The summed E-state index contributed by atoms with van der Waals surface area (Å²) in [6.45, 7) is 0.890. The van der Waals surface area contributed by atoms with Crippen molar-refractivity contribution < 1.29 is 14.4 Å². The molecule has 0 bridgehead atoms. The van der Waals surface area contributed by atoms with Gasteiger partial charge in [0.05, 0.1) is 12.7 Å². The number of nitrogens with two attached hydrogens (primary N) is 1. The first kappa shape index (κ1) is 8.49. The van der Waals surface area contributed by atoms with Gasteiger partial charge in [0.1, 0.15) is 0 Å². The van der Waals surface area contributed by atoms with Gasteiger partial charge in [-0.3, -0.25) is 4.79 Å². The van der Waals surface area contributed by atoms with Crippen LogP contribution in [0.3, 0.4) is 0 Å². The van der Waals surface area contributed by atoms with Gasteiger partial charge in [-0.25, -0.2) is 0 Å². The van der Waals surface area contributed by atoms with E-state index in [4.69, 9.17) is 4.74 Å². The molecule has 0 saturated carbocycles. The summed E-state index contributed by atoms with van der Waals surface area (Å²) in [4.78, 5) is 14.5. The number of carbonyl (C=O) groups is 1. The number of epoxide rings is 1. The van der Waals surface area contributed by atoms with Crippen molar-refractivity contribution in [2.45, 2.75) is 31.8 Å². The van der Waals surface area contributed by atoms with Crippen molar-refractivity contribution in [3.63, 3.8) is 0 Å². The maximum Gasteiger partial charge on any atom is 0.324 e. The van der Waals surface area contributed by atoms with Gasteiger partial charge in [0.25, 0.3) is 0 Å². The van der Waals surface area contributed by atoms with Crippen LogP contribution in [-0.2, 0) is 14.4 Å². The summed E-state index contributed by atoms with van der Waals surface area (Å²) in [5, 5.41) is 0. The summed E-state index contributed by atoms with van der Waals surface area (Å²) in [6.07, 6.45) is 3.79. The molecule has 0 unspecified atom stereocenters. The fourth-order valence-corrected chi connectivity index (χ4v) is 0.935. The lowest BCUT2D eigenvalue weighted by Crippen LogP contribution is -2.09. The lowest BCUT2D eigenvalue weighted by Gasteiger charge is -1.96. The first-order valence-electron chi connectivity index (χ1n) is 3.84. The highest BCUT2D eigenvalue weighted by atomic mass is 16.7. The van der Waals surface area contributed by atoms with E-state index in [0.717, 1.165) is 25.9 Å². The summed E-state index contributed by atoms with van der Waals surface area (Å²) >= 11 is 0. The number of carbonyl (C=O) groups excluding carboxylic acids is 1. The van der Waals surface area contributed by atoms with Crippen LogP contribution >= 0.6 is 0 Å². The Morgan fingerprint density at radius 1 is 1.64 bits per heavy atom. The minimum atomic E-state index is -0.332. The molecule has 1 aliphatic heterocycles. The molecule has 11 heavy (non-hydrogen) atoms. The third-order valence-corrected chi connectivity index (χ3v) is 1.69. The van der Waals surface area contributed by atoms with E-state index in [-0.39, 0.29) is 5.97 Å². The average molecular weight is 159 g/mol. The Kier molecular flexibility index (Phi) is 3.32. The fraction of sp³-hybridized carbons (Fsp3) is 0.857. The number of rotatable bonds is 5. The minimum Gasteiger partial charge on any atom is -0.373 e. The van der Waals surface area contributed by atoms with Crippen molar-refractivity contribution in [1.29, 1.82) is 0 Å². The Morgan fingerprint density at radius 3 is 2.91 bits per heavy atom. The van der Waals surface area contributed by atoms with Crippen LogP contribution in [0.4, 0.5) is 0 Å². The molecule has 4 heteroatoms. The molecule has 1 rings (SSSR count). The van der Waals surface area contributed by atoms with E-state index in [1.54, 1.807) is 0 Å². The summed E-state index contributed by atoms with van der Waals surface area (Å²) in [7, 11) is 0. The molecule has 1 heterocycles. The first-order chi connectivity index (χ1) is 5.33. The van der Waals surface area contributed by atoms with Gasteiger partial charge >= 0.3 is 5.97 Å². The van der Waals surface area contributed by atoms with Gasteiger partial charge in [0.15, 0.2) is 0 Å². The average Bonchev–Trinajstić information content (AvgIpc) is 2.81. The van der Waals surface area contributed by atoms with Gasteiger partial charge in [0.2, 0.25) is 0 Å². The first-order valence-corrected chi connectivity index (χ1v) is 3.84. The van der Waals surface area contributed by atoms with Gasteiger partial charge in [-0.15, -0.1) is 0 Å². The monoisotopic (exact) mass is 159 g/mol. The Labute approximate surface area is 65.6 Å². The topological polar surface area (TPSA) is 64.8 Å². The third kappa shape index (κ3) is 3.95. The van der Waals surface area contributed by atoms with Crippen LogP contribution in [0, 0.1) is 0 Å². The smallest absolute Gasteiger partial charge is 0.324 e. The third-order valence-electron chi connectivity index (χ3n) is 1.69. The fourth-order valence-electron chi connectivity index (χ4n) is 0.935. The summed E-state index contributed by atoms with van der Waals surface area (Å²) in [5.41, 5.74) is 0. The predicted molar refractivity (Wildman–Crippen MR) is 38.5 cm³/mol. The number of hydrogen-bond donors (Lipinski definition) is 1. The molecule has 4 nitrogen and oxygen atoms in total. The molecule has 1 atom stereocenters. The molecule has 64 valence electrons. The Morgan fingerprint density at radius 2 is 2.36 bits per heavy atom. The molecular weight excluding hydrogens is 146 g/mol. The molecule has 1 saturated heterocycles. The lowest BCUT2D eigenvalue weighted by atomic mass is 10.1. The molecular formula is C7H13NO3. The summed E-state index contributed by atoms with van der Waals surface area (Å²) in [6, 6.07) is 0. The van der Waals surface area contributed by atoms with Gasteiger partial charge in [-0.2, -0.15) is 5.90 Å². The number of unbranched alkanes of at least 4 members (excludes halogenated alkanes) is 1. The van der Waals surface area contributed by atoms with E-state index in [1.165, 1.54) is 0 Å². The zero-order valence-corrected chi connectivity index (χ0v) is 6.41. The lowest BCUT2D eigenvalue weighted by molar-refractivity contribution is -0.144. The second-order valence-electron chi connectivity index (χ2n) is 2.69. The van der Waals surface area contributed by atoms with Gasteiger partial charge in [0, 0.05) is 6.42 Å². The highest BCUT2D eigenvalue weighted by Crippen LogP contribution is 2.16. The highest BCUT2D eigenvalue weighted by molar-refractivity contribution is 5.68. The van der Waals surface area contributed by atoms with Crippen LogP contribution in [0.25, 0.3) is 0 Å². The molecule has 0 aliphatic carbocycles. The van der Waals surface area contributed by atoms with Crippen LogP contribution in [0.1, 0.15) is 25.7 Å². The van der Waals surface area contributed by atoms with Crippen molar-refractivity contribution in [3.05, 3.63) is 0 Å². The van der Waals surface area contributed by atoms with Crippen LogP contribution < -0.4 is 5.90 Å². The quantitative estimate of drug-likeness (QED) is 0.357. The summed E-state index contributed by atoms with van der Waals surface area (Å²) in [5.74, 6) is 4.32. The van der Waals surface area contributed by atoms with Crippen molar-refractivity contribution in [3.8, 4) is 0 Å². The Bertz CT molecular complexity index is 134. The highest BCUT2D eigenvalue weighted by Gasteiger charge is 2.21. The Hall–Kier alpha value is -0.610. The molecule has 1 fully saturated rings. The standard InChI is InChI=1S/C7H13NO3/c8-11-7(9)4-2-1-3-6-5-10-6/h6H,1-5,8H2/t6-/m0/s1. The maximum atomic E-state index is 10.5. The predicted octanol–water partition coefficient (Wildman–Crippen LogP) is 0.362. The molecule has 0 aromatic rings. The normalized spacial score (nSPS) is 21.4. The van der Waals surface area contributed by atoms with Crippen LogP contribution in [0.15, 0.2) is 0 Å². The molecule has 0 aromatic heterocycles. The van der Waals surface area contributed by atoms with Gasteiger partial charge < -0.3 is 9.57 Å². The largest absolute Gasteiger partial charge is 0.373 e. The van der Waals surface area contributed by atoms with Crippen LogP contribution in [0.2, 0.25) is 0 Å². The van der Waals surface area contributed by atoms with Crippen molar-refractivity contribution in [1.82, 2.24) is 0 Å². The second kappa shape index (κ2) is 4.31. The Balaban J connectivity index is 1.82. The van der Waals surface area contributed by atoms with E-state index in [9.17, 15) is 4.79 Å². The van der Waals surface area contributed by atoms with E-state index < -0.39 is 0 Å². The van der Waals surface area contributed by atoms with Crippen LogP contribution in [0.5, 0.6) is 0 Å². The van der Waals surface area contributed by atoms with Crippen molar-refractivity contribution in [2.24, 2.45) is 5.90 Å². The number of ether oxygens (including phenoxy) is 1. The van der Waals surface area contributed by atoms with E-state index >= 15 is 0 Å². The van der Waals surface area contributed by atoms with Crippen molar-refractivity contribution >= 4 is 5.97 Å². The molecule has 1 aliphatic rings. The zero-order valence-electron chi connectivity index (χ0n) is 6.41. The maximum absolute atomic E-state index is 10.5. The van der Waals surface area contributed by atoms with Crippen LogP contribution in [-0.4, -0.2) is 18.7 Å². The van der Waals surface area contributed by atoms with Gasteiger partial charge in [-0.1, -0.05) is 6.42 Å². The van der Waals surface area contributed by atoms with Gasteiger partial charge in [-0.05, 0) is 12.8 Å². The van der Waals surface area contributed by atoms with E-state index in [0.29, 0.717) is 12.5 Å².